The Labute approximate surface area is 216 Å². The highest BCUT2D eigenvalue weighted by atomic mass is 16.4. The standard InChI is InChI=1S/C27H37N5O5/c1-3-16(2)23(31-24(33)22-11-7-13-32(22)26(35)20-10-6-12-28-20)25(34)30-21(27(36)37)14-17-15-29-19-9-5-4-8-18(17)19/h4-5,8-9,15-16,20-23,28-29H,3,6-7,10-14H2,1-2H3,(H,30,34)(H,31,33)(H,36,37). The molecular weight excluding hydrogens is 474 g/mol. The van der Waals surface area contributed by atoms with E-state index in [1.807, 2.05) is 38.1 Å². The van der Waals surface area contributed by atoms with Crippen molar-refractivity contribution in [1.82, 2.24) is 25.8 Å². The van der Waals surface area contributed by atoms with Gasteiger partial charge in [-0.2, -0.15) is 0 Å². The van der Waals surface area contributed by atoms with E-state index in [0.717, 1.165) is 42.3 Å². The molecule has 5 N–H and O–H groups in total. The third-order valence-corrected chi connectivity index (χ3v) is 7.70. The van der Waals surface area contributed by atoms with Gasteiger partial charge in [-0.25, -0.2) is 4.79 Å². The van der Waals surface area contributed by atoms with E-state index in [-0.39, 0.29) is 30.2 Å². The van der Waals surface area contributed by atoms with E-state index in [9.17, 15) is 24.3 Å². The number of benzene rings is 1. The molecule has 1 aromatic carbocycles. The number of aromatic nitrogens is 1. The SMILES string of the molecule is CCC(C)C(NC(=O)C1CCCN1C(=O)C1CCCN1)C(=O)NC(Cc1c[nH]c2ccccc12)C(=O)O. The Morgan fingerprint density at radius 1 is 1.14 bits per heavy atom. The summed E-state index contributed by atoms with van der Waals surface area (Å²) >= 11 is 0. The molecule has 0 bridgehead atoms. The molecule has 5 atom stereocenters. The number of amides is 3. The van der Waals surface area contributed by atoms with Crippen molar-refractivity contribution in [3.8, 4) is 0 Å². The van der Waals surface area contributed by atoms with Gasteiger partial charge in [-0.15, -0.1) is 0 Å². The highest BCUT2D eigenvalue weighted by Gasteiger charge is 2.40. The second kappa shape index (κ2) is 11.8. The van der Waals surface area contributed by atoms with Gasteiger partial charge in [0.1, 0.15) is 18.1 Å². The molecule has 0 spiro atoms. The number of carboxylic acid groups (broad SMARTS) is 1. The van der Waals surface area contributed by atoms with Crippen molar-refractivity contribution in [1.29, 1.82) is 0 Å². The van der Waals surface area contributed by atoms with E-state index in [4.69, 9.17) is 0 Å². The van der Waals surface area contributed by atoms with Gasteiger partial charge < -0.3 is 30.9 Å². The Morgan fingerprint density at radius 2 is 1.92 bits per heavy atom. The van der Waals surface area contributed by atoms with Crippen LogP contribution in [0.3, 0.4) is 0 Å². The summed E-state index contributed by atoms with van der Waals surface area (Å²) in [5.41, 5.74) is 1.68. The lowest BCUT2D eigenvalue weighted by Crippen LogP contribution is -2.58. The van der Waals surface area contributed by atoms with Gasteiger partial charge >= 0.3 is 5.97 Å². The average molecular weight is 512 g/mol. The van der Waals surface area contributed by atoms with Gasteiger partial charge in [0.2, 0.25) is 17.7 Å². The zero-order chi connectivity index (χ0) is 26.5. The number of carboxylic acids is 1. The first-order valence-electron chi connectivity index (χ1n) is 13.2. The van der Waals surface area contributed by atoms with Crippen LogP contribution in [0.5, 0.6) is 0 Å². The summed E-state index contributed by atoms with van der Waals surface area (Å²) in [7, 11) is 0. The number of fused-ring (bicyclic) bond motifs is 1. The number of aliphatic carboxylic acids is 1. The summed E-state index contributed by atoms with van der Waals surface area (Å²) in [5.74, 6) is -2.35. The maximum absolute atomic E-state index is 13.3. The fourth-order valence-corrected chi connectivity index (χ4v) is 5.33. The summed E-state index contributed by atoms with van der Waals surface area (Å²) in [6.45, 7) is 5.07. The Hall–Kier alpha value is -3.40. The summed E-state index contributed by atoms with van der Waals surface area (Å²) in [6, 6.07) is 4.61. The smallest absolute Gasteiger partial charge is 0.326 e. The first-order chi connectivity index (χ1) is 17.8. The number of carbonyl (C=O) groups excluding carboxylic acids is 3. The molecule has 200 valence electrons. The molecule has 10 nitrogen and oxygen atoms in total. The van der Waals surface area contributed by atoms with Crippen molar-refractivity contribution in [3.05, 3.63) is 36.0 Å². The van der Waals surface area contributed by atoms with Gasteiger partial charge in [-0.05, 0) is 49.8 Å². The molecule has 2 aliphatic heterocycles. The molecule has 5 unspecified atom stereocenters. The maximum atomic E-state index is 13.3. The minimum absolute atomic E-state index is 0.0654. The van der Waals surface area contributed by atoms with Crippen molar-refractivity contribution in [2.75, 3.05) is 13.1 Å². The van der Waals surface area contributed by atoms with Crippen molar-refractivity contribution in [2.45, 2.75) is 76.5 Å². The Kier molecular flexibility index (Phi) is 8.48. The van der Waals surface area contributed by atoms with E-state index in [1.165, 1.54) is 0 Å². The average Bonchev–Trinajstić information content (AvgIpc) is 3.67. The Morgan fingerprint density at radius 3 is 2.62 bits per heavy atom. The normalized spacial score (nSPS) is 21.9. The van der Waals surface area contributed by atoms with Gasteiger partial charge in [-0.1, -0.05) is 38.5 Å². The molecular formula is C27H37N5O5. The number of hydrogen-bond donors (Lipinski definition) is 5. The van der Waals surface area contributed by atoms with Crippen LogP contribution in [0.2, 0.25) is 0 Å². The number of aromatic amines is 1. The molecule has 2 aliphatic rings. The Balaban J connectivity index is 1.45. The second-order valence-electron chi connectivity index (χ2n) is 10.2. The molecule has 2 fully saturated rings. The molecule has 3 heterocycles. The van der Waals surface area contributed by atoms with Crippen molar-refractivity contribution in [2.24, 2.45) is 5.92 Å². The zero-order valence-corrected chi connectivity index (χ0v) is 21.5. The molecule has 37 heavy (non-hydrogen) atoms. The number of hydrogen-bond acceptors (Lipinski definition) is 5. The highest BCUT2D eigenvalue weighted by molar-refractivity contribution is 5.95. The van der Waals surface area contributed by atoms with Gasteiger partial charge in [-0.3, -0.25) is 14.4 Å². The van der Waals surface area contributed by atoms with E-state index in [2.05, 4.69) is 20.9 Å². The molecule has 4 rings (SSSR count). The highest BCUT2D eigenvalue weighted by Crippen LogP contribution is 2.22. The van der Waals surface area contributed by atoms with Crippen LogP contribution < -0.4 is 16.0 Å². The summed E-state index contributed by atoms with van der Waals surface area (Å²) in [6.07, 6.45) is 5.42. The number of rotatable bonds is 10. The summed E-state index contributed by atoms with van der Waals surface area (Å²) in [4.78, 5) is 56.4. The fourth-order valence-electron chi connectivity index (χ4n) is 5.33. The lowest BCUT2D eigenvalue weighted by molar-refractivity contribution is -0.143. The lowest BCUT2D eigenvalue weighted by Gasteiger charge is -2.30. The second-order valence-corrected chi connectivity index (χ2v) is 10.2. The monoisotopic (exact) mass is 511 g/mol. The van der Waals surface area contributed by atoms with E-state index < -0.39 is 30.0 Å². The number of H-pyrrole nitrogens is 1. The minimum atomic E-state index is -1.16. The third-order valence-electron chi connectivity index (χ3n) is 7.70. The van der Waals surface area contributed by atoms with Gasteiger partial charge in [0.25, 0.3) is 0 Å². The minimum Gasteiger partial charge on any atom is -0.480 e. The topological polar surface area (TPSA) is 144 Å². The van der Waals surface area contributed by atoms with Crippen LogP contribution in [0.15, 0.2) is 30.5 Å². The van der Waals surface area contributed by atoms with Crippen molar-refractivity contribution < 1.29 is 24.3 Å². The number of nitrogens with zero attached hydrogens (tertiary/aromatic N) is 1. The molecule has 0 radical (unpaired) electrons. The maximum Gasteiger partial charge on any atom is 0.326 e. The van der Waals surface area contributed by atoms with Gasteiger partial charge in [0.05, 0.1) is 6.04 Å². The quantitative estimate of drug-likeness (QED) is 0.328. The van der Waals surface area contributed by atoms with Crippen LogP contribution in [-0.2, 0) is 25.6 Å². The molecule has 3 amide bonds. The first-order valence-corrected chi connectivity index (χ1v) is 13.2. The predicted molar refractivity (Wildman–Crippen MR) is 139 cm³/mol. The molecule has 2 saturated heterocycles. The van der Waals surface area contributed by atoms with Crippen LogP contribution in [0, 0.1) is 5.92 Å². The van der Waals surface area contributed by atoms with E-state index >= 15 is 0 Å². The molecule has 2 aromatic rings. The van der Waals surface area contributed by atoms with E-state index in [1.54, 1.807) is 11.1 Å². The fraction of sp³-hybridized carbons (Fsp3) is 0.556. The van der Waals surface area contributed by atoms with Gasteiger partial charge in [0.15, 0.2) is 0 Å². The summed E-state index contributed by atoms with van der Waals surface area (Å²) < 4.78 is 0. The number of carbonyl (C=O) groups is 4. The molecule has 1 aromatic heterocycles. The molecule has 0 saturated carbocycles. The zero-order valence-electron chi connectivity index (χ0n) is 21.5. The van der Waals surface area contributed by atoms with Crippen LogP contribution in [0.25, 0.3) is 10.9 Å². The predicted octanol–water partition coefficient (Wildman–Crippen LogP) is 1.55. The number of likely N-dealkylation sites (tertiary alicyclic amines) is 1. The summed E-state index contributed by atoms with van der Waals surface area (Å²) in [5, 5.41) is 19.5. The third kappa shape index (κ3) is 5.95. The number of para-hydroxylation sites is 1. The van der Waals surface area contributed by atoms with Crippen LogP contribution in [0.1, 0.15) is 51.5 Å². The number of nitrogens with one attached hydrogen (secondary N) is 4. The van der Waals surface area contributed by atoms with Crippen molar-refractivity contribution >= 4 is 34.6 Å². The van der Waals surface area contributed by atoms with Gasteiger partial charge in [0, 0.05) is 30.1 Å². The van der Waals surface area contributed by atoms with Crippen molar-refractivity contribution in [3.63, 3.8) is 0 Å². The lowest BCUT2D eigenvalue weighted by atomic mass is 9.96. The van der Waals surface area contributed by atoms with Crippen LogP contribution in [0.4, 0.5) is 0 Å². The molecule has 10 heteroatoms. The molecule has 0 aliphatic carbocycles. The largest absolute Gasteiger partial charge is 0.480 e. The Bertz CT molecular complexity index is 1140. The van der Waals surface area contributed by atoms with Crippen LogP contribution in [-0.4, -0.2) is 75.9 Å². The van der Waals surface area contributed by atoms with E-state index in [0.29, 0.717) is 19.4 Å². The first kappa shape index (κ1) is 26.7. The van der Waals surface area contributed by atoms with Crippen LogP contribution >= 0.6 is 0 Å².